The van der Waals surface area contributed by atoms with Crippen LogP contribution in [0.2, 0.25) is 0 Å². The van der Waals surface area contributed by atoms with Crippen LogP contribution in [0.3, 0.4) is 0 Å². The van der Waals surface area contributed by atoms with Gasteiger partial charge in [0.25, 0.3) is 0 Å². The molecule has 0 aromatic heterocycles. The van der Waals surface area contributed by atoms with E-state index < -0.39 is 11.7 Å². The number of hydrogen-bond donors (Lipinski definition) is 2. The van der Waals surface area contributed by atoms with Crippen molar-refractivity contribution in [1.29, 1.82) is 0 Å². The molecule has 1 aliphatic carbocycles. The van der Waals surface area contributed by atoms with Crippen LogP contribution in [0.5, 0.6) is 11.5 Å². The molecule has 2 N–H and O–H groups in total. The van der Waals surface area contributed by atoms with Crippen molar-refractivity contribution in [3.05, 3.63) is 23.8 Å². The van der Waals surface area contributed by atoms with Crippen molar-refractivity contribution < 1.29 is 19.7 Å². The van der Waals surface area contributed by atoms with Gasteiger partial charge in [-0.25, -0.2) is 0 Å². The van der Waals surface area contributed by atoms with Gasteiger partial charge in [-0.1, -0.05) is 25.3 Å². The van der Waals surface area contributed by atoms with E-state index in [2.05, 4.69) is 0 Å². The predicted molar refractivity (Wildman–Crippen MR) is 72.5 cm³/mol. The first-order valence-electron chi connectivity index (χ1n) is 6.73. The highest BCUT2D eigenvalue weighted by molar-refractivity contribution is 5.44. The molecule has 106 valence electrons. The Balaban J connectivity index is 2.25. The number of rotatable bonds is 4. The highest BCUT2D eigenvalue weighted by Gasteiger charge is 2.37. The molecular weight excluding hydrogens is 244 g/mol. The van der Waals surface area contributed by atoms with Crippen LogP contribution in [0.15, 0.2) is 18.2 Å². The van der Waals surface area contributed by atoms with E-state index in [0.29, 0.717) is 29.9 Å². The molecular formula is C15H22O4. The minimum absolute atomic E-state index is 0.568. The van der Waals surface area contributed by atoms with Crippen molar-refractivity contribution in [1.82, 2.24) is 0 Å². The third kappa shape index (κ3) is 2.85. The monoisotopic (exact) mass is 266 g/mol. The second-order valence-electron chi connectivity index (χ2n) is 5.18. The van der Waals surface area contributed by atoms with Crippen molar-refractivity contribution >= 4 is 0 Å². The van der Waals surface area contributed by atoms with Gasteiger partial charge in [0.15, 0.2) is 11.5 Å². The fourth-order valence-corrected chi connectivity index (χ4v) is 2.77. The quantitative estimate of drug-likeness (QED) is 0.878. The lowest BCUT2D eigenvalue weighted by Gasteiger charge is -2.36. The lowest BCUT2D eigenvalue weighted by atomic mass is 9.78. The molecule has 2 rings (SSSR count). The van der Waals surface area contributed by atoms with Crippen LogP contribution in [0.1, 0.15) is 43.8 Å². The summed E-state index contributed by atoms with van der Waals surface area (Å²) in [5, 5.41) is 21.0. The zero-order chi connectivity index (χ0) is 13.9. The summed E-state index contributed by atoms with van der Waals surface area (Å²) in [6.45, 7) is 0. The fourth-order valence-electron chi connectivity index (χ4n) is 2.77. The summed E-state index contributed by atoms with van der Waals surface area (Å²) in [5.41, 5.74) is -0.347. The van der Waals surface area contributed by atoms with Gasteiger partial charge in [0.2, 0.25) is 0 Å². The van der Waals surface area contributed by atoms with Crippen molar-refractivity contribution in [2.45, 2.75) is 43.8 Å². The Bertz CT molecular complexity index is 424. The van der Waals surface area contributed by atoms with Gasteiger partial charge < -0.3 is 19.7 Å². The van der Waals surface area contributed by atoms with E-state index in [9.17, 15) is 10.2 Å². The molecule has 4 heteroatoms. The van der Waals surface area contributed by atoms with Crippen LogP contribution in [-0.2, 0) is 0 Å². The van der Waals surface area contributed by atoms with Gasteiger partial charge >= 0.3 is 0 Å². The zero-order valence-corrected chi connectivity index (χ0v) is 11.6. The van der Waals surface area contributed by atoms with E-state index in [4.69, 9.17) is 9.47 Å². The van der Waals surface area contributed by atoms with E-state index >= 15 is 0 Å². The maximum atomic E-state index is 10.6. The largest absolute Gasteiger partial charge is 0.493 e. The summed E-state index contributed by atoms with van der Waals surface area (Å²) in [4.78, 5) is 0. The van der Waals surface area contributed by atoms with Gasteiger partial charge in [-0.3, -0.25) is 0 Å². The minimum Gasteiger partial charge on any atom is -0.493 e. The normalized spacial score (nSPS) is 19.8. The first-order valence-corrected chi connectivity index (χ1v) is 6.73. The van der Waals surface area contributed by atoms with Crippen LogP contribution in [0.25, 0.3) is 0 Å². The molecule has 1 aromatic carbocycles. The van der Waals surface area contributed by atoms with E-state index in [0.717, 1.165) is 19.3 Å². The Labute approximate surface area is 114 Å². The summed E-state index contributed by atoms with van der Waals surface area (Å²) in [6.07, 6.45) is 3.45. The Hall–Kier alpha value is -1.26. The van der Waals surface area contributed by atoms with Gasteiger partial charge in [0.1, 0.15) is 6.10 Å². The molecule has 0 heterocycles. The van der Waals surface area contributed by atoms with Gasteiger partial charge in [0.05, 0.1) is 19.8 Å². The number of ether oxygens (including phenoxy) is 2. The molecule has 19 heavy (non-hydrogen) atoms. The fraction of sp³-hybridized carbons (Fsp3) is 0.600. The van der Waals surface area contributed by atoms with E-state index in [1.54, 1.807) is 32.4 Å². The van der Waals surface area contributed by atoms with Crippen molar-refractivity contribution in [2.24, 2.45) is 0 Å². The third-order valence-electron chi connectivity index (χ3n) is 3.95. The summed E-state index contributed by atoms with van der Waals surface area (Å²) in [6, 6.07) is 5.26. The highest BCUT2D eigenvalue weighted by atomic mass is 16.5. The van der Waals surface area contributed by atoms with Crippen LogP contribution in [0.4, 0.5) is 0 Å². The predicted octanol–water partition coefficient (Wildman–Crippen LogP) is 2.43. The maximum absolute atomic E-state index is 10.6. The highest BCUT2D eigenvalue weighted by Crippen LogP contribution is 2.40. The van der Waals surface area contributed by atoms with Gasteiger partial charge in [-0.15, -0.1) is 0 Å². The zero-order valence-electron chi connectivity index (χ0n) is 11.6. The number of methoxy groups -OCH3 is 2. The molecule has 4 nitrogen and oxygen atoms in total. The summed E-state index contributed by atoms with van der Waals surface area (Å²) >= 11 is 0. The first-order chi connectivity index (χ1) is 9.10. The molecule has 0 amide bonds. The minimum atomic E-state index is -1.02. The maximum Gasteiger partial charge on any atom is 0.161 e. The SMILES string of the molecule is COc1ccc(C(O)C2(O)CCCCC2)cc1OC. The Kier molecular flexibility index (Phi) is 4.32. The molecule has 0 radical (unpaired) electrons. The molecule has 0 aliphatic heterocycles. The van der Waals surface area contributed by atoms with E-state index in [1.165, 1.54) is 0 Å². The molecule has 1 saturated carbocycles. The second kappa shape index (κ2) is 5.80. The molecule has 0 spiro atoms. The topological polar surface area (TPSA) is 58.9 Å². The average Bonchev–Trinajstić information content (AvgIpc) is 2.46. The van der Waals surface area contributed by atoms with E-state index in [-0.39, 0.29) is 0 Å². The number of benzene rings is 1. The van der Waals surface area contributed by atoms with Crippen LogP contribution < -0.4 is 9.47 Å². The molecule has 0 bridgehead atoms. The summed E-state index contributed by atoms with van der Waals surface area (Å²) in [5.74, 6) is 1.19. The molecule has 1 aliphatic rings. The van der Waals surface area contributed by atoms with Gasteiger partial charge in [-0.2, -0.15) is 0 Å². The molecule has 0 saturated heterocycles. The van der Waals surface area contributed by atoms with E-state index in [1.807, 2.05) is 0 Å². The Morgan fingerprint density at radius 3 is 2.26 bits per heavy atom. The van der Waals surface area contributed by atoms with Crippen molar-refractivity contribution in [3.8, 4) is 11.5 Å². The number of hydrogen-bond acceptors (Lipinski definition) is 4. The lowest BCUT2D eigenvalue weighted by Crippen LogP contribution is -2.38. The van der Waals surface area contributed by atoms with Gasteiger partial charge in [-0.05, 0) is 30.5 Å². The standard InChI is InChI=1S/C15H22O4/c1-18-12-7-6-11(10-13(12)19-2)14(16)15(17)8-4-3-5-9-15/h6-7,10,14,16-17H,3-5,8-9H2,1-2H3. The third-order valence-corrected chi connectivity index (χ3v) is 3.95. The van der Waals surface area contributed by atoms with Crippen LogP contribution in [0, 0.1) is 0 Å². The van der Waals surface area contributed by atoms with Crippen molar-refractivity contribution in [2.75, 3.05) is 14.2 Å². The lowest BCUT2D eigenvalue weighted by molar-refractivity contribution is -0.0992. The molecule has 1 fully saturated rings. The first kappa shape index (κ1) is 14.2. The smallest absolute Gasteiger partial charge is 0.161 e. The average molecular weight is 266 g/mol. The Morgan fingerprint density at radius 1 is 1.05 bits per heavy atom. The van der Waals surface area contributed by atoms with Gasteiger partial charge in [0, 0.05) is 0 Å². The summed E-state index contributed by atoms with van der Waals surface area (Å²) < 4.78 is 10.4. The second-order valence-corrected chi connectivity index (χ2v) is 5.18. The molecule has 1 aromatic rings. The van der Waals surface area contributed by atoms with Crippen molar-refractivity contribution in [3.63, 3.8) is 0 Å². The Morgan fingerprint density at radius 2 is 1.68 bits per heavy atom. The summed E-state index contributed by atoms with van der Waals surface area (Å²) in [7, 11) is 3.13. The molecule has 1 unspecified atom stereocenters. The number of aliphatic hydroxyl groups is 2. The molecule has 1 atom stereocenters. The van der Waals surface area contributed by atoms with Crippen LogP contribution >= 0.6 is 0 Å². The van der Waals surface area contributed by atoms with Crippen LogP contribution in [-0.4, -0.2) is 30.0 Å². The number of aliphatic hydroxyl groups excluding tert-OH is 1.